The van der Waals surface area contributed by atoms with Crippen LogP contribution in [0.4, 0.5) is 0 Å². The number of hydrogen-bond donors (Lipinski definition) is 2. The van der Waals surface area contributed by atoms with E-state index in [-0.39, 0.29) is 5.11 Å². The van der Waals surface area contributed by atoms with Crippen molar-refractivity contribution in [3.05, 3.63) is 23.3 Å². The second-order valence-corrected chi connectivity index (χ2v) is 5.51. The Balaban J connectivity index is 2.57. The first-order valence-electron chi connectivity index (χ1n) is 6.34. The molecule has 0 bridgehead atoms. The fourth-order valence-electron chi connectivity index (χ4n) is 2.45. The van der Waals surface area contributed by atoms with Crippen molar-refractivity contribution in [3.8, 4) is 0 Å². The van der Waals surface area contributed by atoms with Gasteiger partial charge in [-0.25, -0.2) is 0 Å². The molecule has 0 saturated heterocycles. The molecule has 100 valence electrons. The Morgan fingerprint density at radius 3 is 2.78 bits per heavy atom. The largest absolute Gasteiger partial charge is 0.375 e. The molecule has 18 heavy (non-hydrogen) atoms. The summed E-state index contributed by atoms with van der Waals surface area (Å²) in [5.74, 6) is 0.571. The van der Waals surface area contributed by atoms with Gasteiger partial charge >= 0.3 is 0 Å². The Morgan fingerprint density at radius 2 is 2.22 bits per heavy atom. The van der Waals surface area contributed by atoms with Gasteiger partial charge in [0.05, 0.1) is 0 Å². The minimum absolute atomic E-state index is 0.213. The van der Waals surface area contributed by atoms with Crippen molar-refractivity contribution in [2.24, 2.45) is 16.8 Å². The number of hydrogen-bond acceptors (Lipinski definition) is 2. The maximum absolute atomic E-state index is 5.34. The molecule has 0 radical (unpaired) electrons. The van der Waals surface area contributed by atoms with E-state index in [1.807, 2.05) is 6.92 Å². The zero-order valence-corrected chi connectivity index (χ0v) is 12.4. The molecule has 4 heteroatoms. The molecule has 0 aromatic carbocycles. The number of nitrogens with two attached hydrogens (primary N) is 1. The molecule has 0 heterocycles. The zero-order chi connectivity index (χ0) is 13.7. The molecule has 3 nitrogen and oxygen atoms in total. The molecule has 0 saturated carbocycles. The summed E-state index contributed by atoms with van der Waals surface area (Å²) in [5.41, 5.74) is 13.3. The van der Waals surface area contributed by atoms with Crippen LogP contribution in [0.1, 0.15) is 46.5 Å². The summed E-state index contributed by atoms with van der Waals surface area (Å²) in [6.45, 7) is 10.4. The zero-order valence-electron chi connectivity index (χ0n) is 11.5. The van der Waals surface area contributed by atoms with E-state index in [1.165, 1.54) is 24.0 Å². The smallest absolute Gasteiger partial charge is 0.184 e. The van der Waals surface area contributed by atoms with E-state index in [9.17, 15) is 0 Å². The Hall–Kier alpha value is -1.16. The maximum Gasteiger partial charge on any atom is 0.184 e. The van der Waals surface area contributed by atoms with E-state index in [2.05, 4.69) is 31.0 Å². The second kappa shape index (κ2) is 6.69. The molecule has 0 aliphatic heterocycles. The van der Waals surface area contributed by atoms with Crippen LogP contribution in [0.15, 0.2) is 28.4 Å². The van der Waals surface area contributed by atoms with Gasteiger partial charge in [-0.1, -0.05) is 23.3 Å². The van der Waals surface area contributed by atoms with Crippen molar-refractivity contribution in [1.29, 1.82) is 0 Å². The van der Waals surface area contributed by atoms with Crippen LogP contribution in [-0.2, 0) is 0 Å². The SMILES string of the molecule is C=C(C)C1CCC(C)=C1CCC(C)=NNC(N)=S. The van der Waals surface area contributed by atoms with E-state index in [0.717, 1.165) is 18.6 Å². The Morgan fingerprint density at radius 1 is 1.56 bits per heavy atom. The van der Waals surface area contributed by atoms with E-state index < -0.39 is 0 Å². The highest BCUT2D eigenvalue weighted by atomic mass is 32.1. The average molecular weight is 265 g/mol. The highest BCUT2D eigenvalue weighted by molar-refractivity contribution is 7.80. The summed E-state index contributed by atoms with van der Waals surface area (Å²) in [5, 5.41) is 4.35. The van der Waals surface area contributed by atoms with Crippen molar-refractivity contribution in [2.45, 2.75) is 46.5 Å². The van der Waals surface area contributed by atoms with Crippen molar-refractivity contribution < 1.29 is 0 Å². The van der Waals surface area contributed by atoms with Gasteiger partial charge in [0.2, 0.25) is 0 Å². The topological polar surface area (TPSA) is 50.4 Å². The normalized spacial score (nSPS) is 20.2. The van der Waals surface area contributed by atoms with Gasteiger partial charge in [0.25, 0.3) is 0 Å². The molecular weight excluding hydrogens is 242 g/mol. The summed E-state index contributed by atoms with van der Waals surface area (Å²) in [6, 6.07) is 0. The molecule has 0 amide bonds. The predicted octanol–water partition coefficient (Wildman–Crippen LogP) is 3.28. The minimum Gasteiger partial charge on any atom is -0.375 e. The number of hydrazone groups is 1. The fraction of sp³-hybridized carbons (Fsp3) is 0.571. The van der Waals surface area contributed by atoms with Gasteiger partial charge in [-0.3, -0.25) is 5.43 Å². The number of allylic oxidation sites excluding steroid dienone is 3. The van der Waals surface area contributed by atoms with Crippen molar-refractivity contribution in [2.75, 3.05) is 0 Å². The molecule has 1 unspecified atom stereocenters. The highest BCUT2D eigenvalue weighted by Crippen LogP contribution is 2.38. The van der Waals surface area contributed by atoms with Gasteiger partial charge in [0.15, 0.2) is 5.11 Å². The molecule has 1 atom stereocenters. The molecule has 0 aromatic rings. The van der Waals surface area contributed by atoms with E-state index in [0.29, 0.717) is 5.92 Å². The Bertz CT molecular complexity index is 407. The third-order valence-corrected chi connectivity index (χ3v) is 3.58. The fourth-order valence-corrected chi connectivity index (χ4v) is 2.49. The van der Waals surface area contributed by atoms with Crippen LogP contribution in [0.25, 0.3) is 0 Å². The maximum atomic E-state index is 5.34. The van der Waals surface area contributed by atoms with Crippen LogP contribution < -0.4 is 11.2 Å². The minimum atomic E-state index is 0.213. The monoisotopic (exact) mass is 265 g/mol. The van der Waals surface area contributed by atoms with Gasteiger partial charge in [0, 0.05) is 11.6 Å². The number of nitrogens with one attached hydrogen (secondary N) is 1. The van der Waals surface area contributed by atoms with Crippen LogP contribution in [0.3, 0.4) is 0 Å². The summed E-state index contributed by atoms with van der Waals surface area (Å²) in [7, 11) is 0. The summed E-state index contributed by atoms with van der Waals surface area (Å²) >= 11 is 4.72. The first-order valence-corrected chi connectivity index (χ1v) is 6.75. The van der Waals surface area contributed by atoms with Gasteiger partial charge < -0.3 is 5.73 Å². The molecule has 0 spiro atoms. The molecule has 1 rings (SSSR count). The molecular formula is C14H23N3S. The first kappa shape index (κ1) is 14.9. The average Bonchev–Trinajstić information content (AvgIpc) is 2.65. The van der Waals surface area contributed by atoms with Gasteiger partial charge in [-0.15, -0.1) is 0 Å². The molecule has 1 aliphatic carbocycles. The summed E-state index contributed by atoms with van der Waals surface area (Å²) in [4.78, 5) is 0. The van der Waals surface area contributed by atoms with Crippen LogP contribution in [0, 0.1) is 5.92 Å². The summed E-state index contributed by atoms with van der Waals surface area (Å²) in [6.07, 6.45) is 4.41. The predicted molar refractivity (Wildman–Crippen MR) is 82.5 cm³/mol. The number of nitrogens with zero attached hydrogens (tertiary/aromatic N) is 1. The molecule has 3 N–H and O–H groups in total. The van der Waals surface area contributed by atoms with Gasteiger partial charge in [-0.2, -0.15) is 5.10 Å². The van der Waals surface area contributed by atoms with Crippen LogP contribution >= 0.6 is 12.2 Å². The first-order chi connectivity index (χ1) is 8.41. The standard InChI is InChI=1S/C14H23N3S/c1-9(2)12-7-5-10(3)13(12)8-6-11(4)16-17-14(15)18/h12H,1,5-8H2,2-4H3,(H3,15,17,18). The van der Waals surface area contributed by atoms with E-state index in [1.54, 1.807) is 5.57 Å². The van der Waals surface area contributed by atoms with Crippen molar-refractivity contribution in [1.82, 2.24) is 5.43 Å². The molecule has 1 aliphatic rings. The van der Waals surface area contributed by atoms with Crippen LogP contribution in [0.2, 0.25) is 0 Å². The highest BCUT2D eigenvalue weighted by Gasteiger charge is 2.23. The van der Waals surface area contributed by atoms with E-state index >= 15 is 0 Å². The molecule has 0 aromatic heterocycles. The van der Waals surface area contributed by atoms with Crippen LogP contribution in [0.5, 0.6) is 0 Å². The second-order valence-electron chi connectivity index (χ2n) is 5.07. The lowest BCUT2D eigenvalue weighted by Crippen LogP contribution is -2.25. The van der Waals surface area contributed by atoms with Crippen molar-refractivity contribution >= 4 is 23.0 Å². The summed E-state index contributed by atoms with van der Waals surface area (Å²) < 4.78 is 0. The van der Waals surface area contributed by atoms with Crippen molar-refractivity contribution in [3.63, 3.8) is 0 Å². The third-order valence-electron chi connectivity index (χ3n) is 3.48. The lowest BCUT2D eigenvalue weighted by Gasteiger charge is -2.15. The van der Waals surface area contributed by atoms with E-state index in [4.69, 9.17) is 18.0 Å². The quantitative estimate of drug-likeness (QED) is 0.347. The Kier molecular flexibility index (Phi) is 5.54. The third kappa shape index (κ3) is 4.26. The van der Waals surface area contributed by atoms with Gasteiger partial charge in [-0.05, 0) is 58.7 Å². The molecule has 0 fully saturated rings. The van der Waals surface area contributed by atoms with Crippen LogP contribution in [-0.4, -0.2) is 10.8 Å². The lowest BCUT2D eigenvalue weighted by atomic mass is 9.90. The number of rotatable bonds is 5. The Labute approximate surface area is 115 Å². The van der Waals surface area contributed by atoms with Gasteiger partial charge in [0.1, 0.15) is 0 Å². The number of thiocarbonyl (C=S) groups is 1. The lowest BCUT2D eigenvalue weighted by molar-refractivity contribution is 0.675.